The molecule has 3 N–H and O–H groups in total. The van der Waals surface area contributed by atoms with Crippen molar-refractivity contribution in [3.8, 4) is 0 Å². The topological polar surface area (TPSA) is 88.3 Å². The maximum Gasteiger partial charge on any atom is 0.312 e. The Balaban J connectivity index is 1.77. The molecule has 0 radical (unpaired) electrons. The number of primary amides is 1. The van der Waals surface area contributed by atoms with Crippen LogP contribution in [-0.4, -0.2) is 28.4 Å². The minimum Gasteiger partial charge on any atom is -0.352 e. The van der Waals surface area contributed by atoms with Gasteiger partial charge in [0.25, 0.3) is 0 Å². The summed E-state index contributed by atoms with van der Waals surface area (Å²) in [5, 5.41) is 2.69. The molecule has 7 heteroatoms. The van der Waals surface area contributed by atoms with Crippen molar-refractivity contribution in [1.29, 1.82) is 0 Å². The molecule has 2 heterocycles. The van der Waals surface area contributed by atoms with Crippen LogP contribution in [0, 0.1) is 0 Å². The quantitative estimate of drug-likeness (QED) is 0.783. The second kappa shape index (κ2) is 8.31. The number of carbonyl (C=O) groups excluding carboxylic acids is 2. The smallest absolute Gasteiger partial charge is 0.312 e. The molecule has 0 saturated carbocycles. The molecule has 6 nitrogen and oxygen atoms in total. The van der Waals surface area contributed by atoms with Crippen LogP contribution in [0.5, 0.6) is 0 Å². The van der Waals surface area contributed by atoms with E-state index in [0.29, 0.717) is 6.54 Å². The van der Waals surface area contributed by atoms with Crippen molar-refractivity contribution in [3.63, 3.8) is 0 Å². The number of carbonyl (C=O) groups is 2. The van der Waals surface area contributed by atoms with Gasteiger partial charge in [-0.2, -0.15) is 0 Å². The van der Waals surface area contributed by atoms with Crippen LogP contribution in [0.4, 0.5) is 4.79 Å². The zero-order valence-electron chi connectivity index (χ0n) is 14.3. The molecule has 2 atom stereocenters. The predicted octanol–water partition coefficient (Wildman–Crippen LogP) is 3.31. The zero-order chi connectivity index (χ0) is 18.5. The first kappa shape index (κ1) is 18.4. The van der Waals surface area contributed by atoms with Crippen molar-refractivity contribution in [2.75, 3.05) is 6.54 Å². The van der Waals surface area contributed by atoms with E-state index in [-0.39, 0.29) is 18.4 Å². The first-order chi connectivity index (χ1) is 12.5. The van der Waals surface area contributed by atoms with Gasteiger partial charge in [0.2, 0.25) is 5.91 Å². The van der Waals surface area contributed by atoms with Crippen molar-refractivity contribution in [3.05, 3.63) is 64.4 Å². The number of rotatable bonds is 5. The highest BCUT2D eigenvalue weighted by Crippen LogP contribution is 2.33. The average Bonchev–Trinajstić information content (AvgIpc) is 3.11. The lowest BCUT2D eigenvalue weighted by molar-refractivity contribution is -0.132. The molecule has 0 spiro atoms. The number of likely N-dealkylation sites (tertiary alicyclic amines) is 1. The summed E-state index contributed by atoms with van der Waals surface area (Å²) in [6.45, 7) is 0.716. The maximum absolute atomic E-state index is 13.0. The Morgan fingerprint density at radius 1 is 1.31 bits per heavy atom. The van der Waals surface area contributed by atoms with E-state index in [1.54, 1.807) is 12.4 Å². The summed E-state index contributed by atoms with van der Waals surface area (Å²) in [7, 11) is 0. The van der Waals surface area contributed by atoms with Crippen LogP contribution < -0.4 is 11.1 Å². The number of urea groups is 1. The molecule has 1 fully saturated rings. The van der Waals surface area contributed by atoms with Gasteiger partial charge in [0, 0.05) is 23.4 Å². The van der Waals surface area contributed by atoms with Gasteiger partial charge in [-0.05, 0) is 48.2 Å². The lowest BCUT2D eigenvalue weighted by Crippen LogP contribution is -2.38. The molecular formula is C19H21BrN4O2. The first-order valence-corrected chi connectivity index (χ1v) is 9.34. The van der Waals surface area contributed by atoms with E-state index in [0.717, 1.165) is 28.4 Å². The third kappa shape index (κ3) is 4.40. The number of hydrogen-bond donors (Lipinski definition) is 2. The molecule has 0 bridgehead atoms. The minimum atomic E-state index is -0.644. The van der Waals surface area contributed by atoms with Gasteiger partial charge in [-0.3, -0.25) is 9.78 Å². The molecule has 1 saturated heterocycles. The molecule has 1 aromatic carbocycles. The van der Waals surface area contributed by atoms with Gasteiger partial charge in [-0.1, -0.05) is 28.1 Å². The molecule has 1 aliphatic heterocycles. The Morgan fingerprint density at radius 2 is 2.08 bits per heavy atom. The lowest BCUT2D eigenvalue weighted by atomic mass is 10.0. The average molecular weight is 417 g/mol. The van der Waals surface area contributed by atoms with E-state index in [2.05, 4.69) is 26.2 Å². The number of benzene rings is 1. The minimum absolute atomic E-state index is 0.00281. The molecular weight excluding hydrogens is 396 g/mol. The number of halogens is 1. The summed E-state index contributed by atoms with van der Waals surface area (Å²) in [5.41, 5.74) is 7.25. The van der Waals surface area contributed by atoms with Crippen LogP contribution in [-0.2, 0) is 4.79 Å². The van der Waals surface area contributed by atoms with Crippen LogP contribution in [0.25, 0.3) is 0 Å². The second-order valence-corrected chi connectivity index (χ2v) is 7.26. The fraction of sp³-hybridized carbons (Fsp3) is 0.316. The number of hydrogen-bond acceptors (Lipinski definition) is 3. The molecule has 26 heavy (non-hydrogen) atoms. The summed E-state index contributed by atoms with van der Waals surface area (Å²) in [5.74, 6) is 0.00281. The second-order valence-electron chi connectivity index (χ2n) is 6.35. The van der Waals surface area contributed by atoms with Gasteiger partial charge in [0.05, 0.1) is 18.5 Å². The molecule has 2 unspecified atom stereocenters. The van der Waals surface area contributed by atoms with Gasteiger partial charge < -0.3 is 16.0 Å². The van der Waals surface area contributed by atoms with Gasteiger partial charge in [0.15, 0.2) is 0 Å². The van der Waals surface area contributed by atoms with Crippen molar-refractivity contribution < 1.29 is 9.59 Å². The Kier molecular flexibility index (Phi) is 5.88. The third-order valence-corrected chi connectivity index (χ3v) is 5.10. The fourth-order valence-electron chi connectivity index (χ4n) is 3.44. The Bertz CT molecular complexity index is 784. The van der Waals surface area contributed by atoms with Crippen LogP contribution >= 0.6 is 15.9 Å². The van der Waals surface area contributed by atoms with E-state index in [1.807, 2.05) is 41.3 Å². The van der Waals surface area contributed by atoms with E-state index in [9.17, 15) is 9.59 Å². The number of nitrogens with two attached hydrogens (primary N) is 1. The fourth-order valence-corrected chi connectivity index (χ4v) is 3.85. The van der Waals surface area contributed by atoms with Gasteiger partial charge in [0.1, 0.15) is 0 Å². The van der Waals surface area contributed by atoms with Crippen molar-refractivity contribution in [1.82, 2.24) is 15.2 Å². The first-order valence-electron chi connectivity index (χ1n) is 8.55. The van der Waals surface area contributed by atoms with E-state index in [1.165, 1.54) is 0 Å². The van der Waals surface area contributed by atoms with Crippen LogP contribution in [0.3, 0.4) is 0 Å². The van der Waals surface area contributed by atoms with Gasteiger partial charge >= 0.3 is 6.03 Å². The summed E-state index contributed by atoms with van der Waals surface area (Å²) in [6, 6.07) is 10.4. The molecule has 1 aliphatic rings. The monoisotopic (exact) mass is 416 g/mol. The van der Waals surface area contributed by atoms with Crippen molar-refractivity contribution in [2.24, 2.45) is 5.73 Å². The normalized spacial score (nSPS) is 17.7. The maximum atomic E-state index is 13.0. The molecule has 136 valence electrons. The summed E-state index contributed by atoms with van der Waals surface area (Å²) < 4.78 is 0.884. The predicted molar refractivity (Wildman–Crippen MR) is 102 cm³/mol. The third-order valence-electron chi connectivity index (χ3n) is 4.61. The van der Waals surface area contributed by atoms with Crippen molar-refractivity contribution >= 4 is 27.9 Å². The Morgan fingerprint density at radius 3 is 2.77 bits per heavy atom. The SMILES string of the molecule is NC(=O)NC(CC(=O)N1CCCC1c1ccncc1)c1cccc(Br)c1. The van der Waals surface area contributed by atoms with Crippen LogP contribution in [0.2, 0.25) is 0 Å². The molecule has 2 aromatic rings. The van der Waals surface area contributed by atoms with E-state index in [4.69, 9.17) is 5.73 Å². The highest BCUT2D eigenvalue weighted by Gasteiger charge is 2.31. The molecule has 0 aliphatic carbocycles. The highest BCUT2D eigenvalue weighted by molar-refractivity contribution is 9.10. The summed E-state index contributed by atoms with van der Waals surface area (Å²) in [4.78, 5) is 30.3. The largest absolute Gasteiger partial charge is 0.352 e. The highest BCUT2D eigenvalue weighted by atomic mass is 79.9. The number of nitrogens with zero attached hydrogens (tertiary/aromatic N) is 2. The molecule has 3 rings (SSSR count). The van der Waals surface area contributed by atoms with E-state index >= 15 is 0 Å². The lowest BCUT2D eigenvalue weighted by Gasteiger charge is -2.27. The number of pyridine rings is 1. The Labute approximate surface area is 160 Å². The number of aromatic nitrogens is 1. The molecule has 3 amide bonds. The number of amides is 3. The summed E-state index contributed by atoms with van der Waals surface area (Å²) >= 11 is 3.42. The van der Waals surface area contributed by atoms with E-state index < -0.39 is 12.1 Å². The van der Waals surface area contributed by atoms with Crippen LogP contribution in [0.15, 0.2) is 53.3 Å². The standard InChI is InChI=1S/C19H21BrN4O2/c20-15-4-1-3-14(11-15)16(23-19(21)26)12-18(25)24-10-2-5-17(24)13-6-8-22-9-7-13/h1,3-4,6-9,11,16-17H,2,5,10,12H2,(H3,21,23,26). The van der Waals surface area contributed by atoms with Gasteiger partial charge in [-0.25, -0.2) is 4.79 Å². The van der Waals surface area contributed by atoms with Crippen LogP contribution in [0.1, 0.15) is 42.5 Å². The summed E-state index contributed by atoms with van der Waals surface area (Å²) in [6.07, 6.45) is 5.55. The zero-order valence-corrected chi connectivity index (χ0v) is 15.9. The Hall–Kier alpha value is -2.41. The molecule has 1 aromatic heterocycles. The van der Waals surface area contributed by atoms with Crippen molar-refractivity contribution in [2.45, 2.75) is 31.3 Å². The van der Waals surface area contributed by atoms with Gasteiger partial charge in [-0.15, -0.1) is 0 Å². The number of nitrogens with one attached hydrogen (secondary N) is 1.